The van der Waals surface area contributed by atoms with Crippen LogP contribution in [0, 0.1) is 0 Å². The summed E-state index contributed by atoms with van der Waals surface area (Å²) in [4.78, 5) is 35.1. The summed E-state index contributed by atoms with van der Waals surface area (Å²) in [6.45, 7) is 2.23. The average Bonchev–Trinajstić information content (AvgIpc) is 2.63. The number of anilines is 1. The number of hydrogen-bond donors (Lipinski definition) is 0. The molecule has 1 amide bonds. The summed E-state index contributed by atoms with van der Waals surface area (Å²) in [6, 6.07) is 10.8. The number of aromatic nitrogens is 3. The maximum Gasteiger partial charge on any atom is 0.269 e. The number of ether oxygens (including phenoxy) is 1. The predicted molar refractivity (Wildman–Crippen MR) is 92.7 cm³/mol. The Balaban J connectivity index is 1.72. The van der Waals surface area contributed by atoms with E-state index in [1.807, 2.05) is 25.1 Å². The zero-order valence-electron chi connectivity index (χ0n) is 13.6. The monoisotopic (exact) mass is 336 g/mol. The number of rotatable bonds is 2. The fourth-order valence-corrected chi connectivity index (χ4v) is 3.00. The summed E-state index contributed by atoms with van der Waals surface area (Å²) < 4.78 is 7.12. The number of fused-ring (bicyclic) bond motifs is 2. The molecule has 2 aromatic heterocycles. The van der Waals surface area contributed by atoms with Gasteiger partial charge in [0.1, 0.15) is 18.3 Å². The van der Waals surface area contributed by atoms with Gasteiger partial charge in [-0.1, -0.05) is 12.1 Å². The van der Waals surface area contributed by atoms with E-state index in [-0.39, 0.29) is 24.1 Å². The molecule has 0 saturated heterocycles. The highest BCUT2D eigenvalue weighted by Gasteiger charge is 2.28. The average molecular weight is 336 g/mol. The van der Waals surface area contributed by atoms with Crippen LogP contribution in [0.4, 0.5) is 5.69 Å². The minimum absolute atomic E-state index is 0.0665. The van der Waals surface area contributed by atoms with Gasteiger partial charge in [-0.2, -0.15) is 0 Å². The maximum absolute atomic E-state index is 12.9. The standard InChI is InChI=1S/C18H16N4O3/c1-12-10-21(15-7-4-8-19-18(15)25-12)17(24)11-22-14-6-3-2-5-13(14)20-9-16(22)23/h2-9,12H,10-11H2,1H3. The van der Waals surface area contributed by atoms with Crippen molar-refractivity contribution in [2.24, 2.45) is 0 Å². The van der Waals surface area contributed by atoms with Crippen LogP contribution in [-0.4, -0.2) is 33.1 Å². The number of carbonyl (C=O) groups excluding carboxylic acids is 1. The van der Waals surface area contributed by atoms with Gasteiger partial charge < -0.3 is 9.64 Å². The maximum atomic E-state index is 12.9. The Morgan fingerprint density at radius 1 is 1.24 bits per heavy atom. The van der Waals surface area contributed by atoms with Gasteiger partial charge in [0.25, 0.3) is 5.56 Å². The van der Waals surface area contributed by atoms with Crippen LogP contribution >= 0.6 is 0 Å². The van der Waals surface area contributed by atoms with Crippen molar-refractivity contribution in [3.63, 3.8) is 0 Å². The van der Waals surface area contributed by atoms with E-state index in [9.17, 15) is 9.59 Å². The minimum atomic E-state index is -0.306. The van der Waals surface area contributed by atoms with Gasteiger partial charge >= 0.3 is 0 Å². The molecule has 1 aromatic carbocycles. The lowest BCUT2D eigenvalue weighted by Gasteiger charge is -2.32. The van der Waals surface area contributed by atoms with Gasteiger partial charge in [0.05, 0.1) is 23.8 Å². The number of carbonyl (C=O) groups is 1. The van der Waals surface area contributed by atoms with E-state index in [0.717, 1.165) is 0 Å². The molecule has 25 heavy (non-hydrogen) atoms. The Bertz CT molecular complexity index is 1010. The van der Waals surface area contributed by atoms with Crippen LogP contribution in [0.2, 0.25) is 0 Å². The van der Waals surface area contributed by atoms with Gasteiger partial charge in [-0.15, -0.1) is 0 Å². The summed E-state index contributed by atoms with van der Waals surface area (Å²) in [6.07, 6.45) is 2.70. The van der Waals surface area contributed by atoms with Gasteiger partial charge in [0.15, 0.2) is 0 Å². The topological polar surface area (TPSA) is 77.3 Å². The van der Waals surface area contributed by atoms with Crippen molar-refractivity contribution in [1.29, 1.82) is 0 Å². The molecule has 1 aliphatic heterocycles. The molecule has 7 heteroatoms. The molecule has 7 nitrogen and oxygen atoms in total. The number of hydrogen-bond acceptors (Lipinski definition) is 5. The summed E-state index contributed by atoms with van der Waals surface area (Å²) in [5.74, 6) is 0.240. The van der Waals surface area contributed by atoms with Crippen molar-refractivity contribution in [1.82, 2.24) is 14.5 Å². The van der Waals surface area contributed by atoms with E-state index in [1.165, 1.54) is 10.8 Å². The summed E-state index contributed by atoms with van der Waals surface area (Å²) >= 11 is 0. The highest BCUT2D eigenvalue weighted by molar-refractivity contribution is 5.95. The Labute approximate surface area is 143 Å². The first-order chi connectivity index (χ1) is 12.1. The van der Waals surface area contributed by atoms with E-state index in [4.69, 9.17) is 4.74 Å². The molecule has 126 valence electrons. The SMILES string of the molecule is CC1CN(C(=O)Cn2c(=O)cnc3ccccc32)c2cccnc2O1. The molecule has 3 heterocycles. The predicted octanol–water partition coefficient (Wildman–Crippen LogP) is 1.61. The zero-order valence-corrected chi connectivity index (χ0v) is 13.6. The molecule has 1 aliphatic rings. The van der Waals surface area contributed by atoms with Crippen molar-refractivity contribution >= 4 is 22.6 Å². The second-order valence-corrected chi connectivity index (χ2v) is 5.93. The first kappa shape index (κ1) is 15.3. The van der Waals surface area contributed by atoms with Gasteiger partial charge in [0.2, 0.25) is 11.8 Å². The van der Waals surface area contributed by atoms with Crippen LogP contribution in [0.15, 0.2) is 53.6 Å². The van der Waals surface area contributed by atoms with Crippen molar-refractivity contribution in [2.45, 2.75) is 19.6 Å². The van der Waals surface area contributed by atoms with E-state index < -0.39 is 0 Å². The van der Waals surface area contributed by atoms with E-state index in [2.05, 4.69) is 9.97 Å². The summed E-state index contributed by atoms with van der Waals surface area (Å²) in [5, 5.41) is 0. The lowest BCUT2D eigenvalue weighted by molar-refractivity contribution is -0.119. The van der Waals surface area contributed by atoms with Gasteiger partial charge in [0, 0.05) is 6.20 Å². The molecule has 3 aromatic rings. The van der Waals surface area contributed by atoms with Crippen LogP contribution in [0.25, 0.3) is 11.0 Å². The van der Waals surface area contributed by atoms with Crippen molar-refractivity contribution in [3.05, 3.63) is 59.1 Å². The van der Waals surface area contributed by atoms with Crippen molar-refractivity contribution < 1.29 is 9.53 Å². The Morgan fingerprint density at radius 2 is 2.08 bits per heavy atom. The van der Waals surface area contributed by atoms with E-state index in [1.54, 1.807) is 29.3 Å². The van der Waals surface area contributed by atoms with Crippen molar-refractivity contribution in [3.8, 4) is 5.88 Å². The molecule has 0 saturated carbocycles. The third-order valence-electron chi connectivity index (χ3n) is 4.14. The highest BCUT2D eigenvalue weighted by atomic mass is 16.5. The number of pyridine rings is 1. The quantitative estimate of drug-likeness (QED) is 0.710. The lowest BCUT2D eigenvalue weighted by atomic mass is 10.2. The fraction of sp³-hybridized carbons (Fsp3) is 0.222. The molecule has 4 rings (SSSR count). The molecule has 0 fully saturated rings. The molecular weight excluding hydrogens is 320 g/mol. The first-order valence-electron chi connectivity index (χ1n) is 8.00. The molecule has 0 N–H and O–H groups in total. The highest BCUT2D eigenvalue weighted by Crippen LogP contribution is 2.30. The number of amides is 1. The number of benzene rings is 1. The van der Waals surface area contributed by atoms with Crippen LogP contribution in [0.5, 0.6) is 5.88 Å². The summed E-state index contributed by atoms with van der Waals surface area (Å²) in [5.41, 5.74) is 1.63. The normalized spacial score (nSPS) is 16.4. The molecule has 1 atom stereocenters. The largest absolute Gasteiger partial charge is 0.471 e. The van der Waals surface area contributed by atoms with Gasteiger partial charge in [-0.05, 0) is 31.2 Å². The van der Waals surface area contributed by atoms with E-state index in [0.29, 0.717) is 29.1 Å². The molecule has 0 radical (unpaired) electrons. The molecule has 1 unspecified atom stereocenters. The lowest BCUT2D eigenvalue weighted by Crippen LogP contribution is -2.45. The Morgan fingerprint density at radius 3 is 2.96 bits per heavy atom. The van der Waals surface area contributed by atoms with Crippen LogP contribution in [-0.2, 0) is 11.3 Å². The molecular formula is C18H16N4O3. The summed E-state index contributed by atoms with van der Waals surface area (Å²) in [7, 11) is 0. The second kappa shape index (κ2) is 6.01. The number of nitrogens with zero attached hydrogens (tertiary/aromatic N) is 4. The Hall–Kier alpha value is -3.22. The number of para-hydroxylation sites is 2. The smallest absolute Gasteiger partial charge is 0.269 e. The van der Waals surface area contributed by atoms with Crippen LogP contribution in [0.1, 0.15) is 6.92 Å². The zero-order chi connectivity index (χ0) is 17.4. The molecule has 0 aliphatic carbocycles. The van der Waals surface area contributed by atoms with E-state index >= 15 is 0 Å². The Kier molecular flexibility index (Phi) is 3.68. The molecule has 0 spiro atoms. The van der Waals surface area contributed by atoms with Crippen LogP contribution < -0.4 is 15.2 Å². The third kappa shape index (κ3) is 2.73. The van der Waals surface area contributed by atoms with Crippen LogP contribution in [0.3, 0.4) is 0 Å². The minimum Gasteiger partial charge on any atom is -0.471 e. The molecule has 0 bridgehead atoms. The third-order valence-corrected chi connectivity index (χ3v) is 4.14. The van der Waals surface area contributed by atoms with Crippen molar-refractivity contribution in [2.75, 3.05) is 11.4 Å². The second-order valence-electron chi connectivity index (χ2n) is 5.93. The van der Waals surface area contributed by atoms with Gasteiger partial charge in [-0.3, -0.25) is 14.2 Å². The van der Waals surface area contributed by atoms with Gasteiger partial charge in [-0.25, -0.2) is 9.97 Å². The first-order valence-corrected chi connectivity index (χ1v) is 8.00. The fourth-order valence-electron chi connectivity index (χ4n) is 3.00.